The van der Waals surface area contributed by atoms with E-state index in [1.54, 1.807) is 0 Å². The third-order valence-electron chi connectivity index (χ3n) is 3.89. The Balaban J connectivity index is 2.12. The van der Waals surface area contributed by atoms with Crippen LogP contribution in [0.2, 0.25) is 5.02 Å². The Hall–Kier alpha value is -1.66. The van der Waals surface area contributed by atoms with Crippen LogP contribution in [-0.2, 0) is 4.79 Å². The molecule has 0 aromatic heterocycles. The lowest BCUT2D eigenvalue weighted by Gasteiger charge is -2.35. The second-order valence-electron chi connectivity index (χ2n) is 5.74. The quantitative estimate of drug-likeness (QED) is 0.662. The number of carbonyl (C=O) groups excluding carboxylic acids is 1. The molecular formula is C14H18ClN3O3. The van der Waals surface area contributed by atoms with E-state index in [9.17, 15) is 14.9 Å². The summed E-state index contributed by atoms with van der Waals surface area (Å²) in [7, 11) is 0. The molecule has 2 atom stereocenters. The van der Waals surface area contributed by atoms with Gasteiger partial charge >= 0.3 is 0 Å². The average Bonchev–Trinajstić information content (AvgIpc) is 2.37. The number of amides is 1. The fourth-order valence-electron chi connectivity index (χ4n) is 2.79. The van der Waals surface area contributed by atoms with E-state index in [0.717, 1.165) is 12.8 Å². The van der Waals surface area contributed by atoms with Crippen molar-refractivity contribution in [3.63, 3.8) is 0 Å². The van der Waals surface area contributed by atoms with Crippen molar-refractivity contribution in [2.24, 2.45) is 11.7 Å². The summed E-state index contributed by atoms with van der Waals surface area (Å²) in [5, 5.41) is 13.4. The summed E-state index contributed by atoms with van der Waals surface area (Å²) < 4.78 is 0. The molecule has 0 radical (unpaired) electrons. The maximum Gasteiger partial charge on any atom is 0.288 e. The lowest BCUT2D eigenvalue weighted by Crippen LogP contribution is -2.53. The van der Waals surface area contributed by atoms with Gasteiger partial charge in [0, 0.05) is 11.8 Å². The predicted octanol–water partition coefficient (Wildman–Crippen LogP) is 3.09. The highest BCUT2D eigenvalue weighted by Crippen LogP contribution is 2.32. The highest BCUT2D eigenvalue weighted by atomic mass is 35.5. The summed E-state index contributed by atoms with van der Waals surface area (Å²) in [6.45, 7) is 2.08. The zero-order valence-electron chi connectivity index (χ0n) is 11.8. The van der Waals surface area contributed by atoms with Crippen LogP contribution in [-0.4, -0.2) is 16.4 Å². The molecule has 7 heteroatoms. The first-order chi connectivity index (χ1) is 9.82. The molecule has 0 bridgehead atoms. The number of halogens is 1. The molecule has 1 aliphatic rings. The molecule has 1 aromatic rings. The van der Waals surface area contributed by atoms with Crippen LogP contribution in [0.25, 0.3) is 0 Å². The van der Waals surface area contributed by atoms with Gasteiger partial charge in [0.2, 0.25) is 5.91 Å². The van der Waals surface area contributed by atoms with Crippen LogP contribution in [0.1, 0.15) is 32.6 Å². The molecule has 6 nitrogen and oxygen atoms in total. The monoisotopic (exact) mass is 311 g/mol. The molecule has 1 saturated carbocycles. The maximum atomic E-state index is 12.4. The number of nitro groups is 1. The number of nitrogens with two attached hydrogens (primary N) is 1. The first-order valence-electron chi connectivity index (χ1n) is 6.86. The van der Waals surface area contributed by atoms with E-state index in [-0.39, 0.29) is 16.6 Å². The number of benzene rings is 1. The Morgan fingerprint density at radius 2 is 2.29 bits per heavy atom. The van der Waals surface area contributed by atoms with E-state index in [1.165, 1.54) is 18.2 Å². The Labute approximate surface area is 127 Å². The molecule has 0 spiro atoms. The van der Waals surface area contributed by atoms with Gasteiger partial charge in [-0.25, -0.2) is 0 Å². The number of nitrogens with zero attached hydrogens (tertiary/aromatic N) is 1. The third-order valence-corrected chi connectivity index (χ3v) is 4.19. The molecule has 1 fully saturated rings. The fraction of sp³-hybridized carbons (Fsp3) is 0.500. The number of hydrogen-bond donors (Lipinski definition) is 2. The van der Waals surface area contributed by atoms with Crippen LogP contribution in [0.4, 0.5) is 11.4 Å². The molecular weight excluding hydrogens is 294 g/mol. The van der Waals surface area contributed by atoms with Gasteiger partial charge < -0.3 is 11.1 Å². The maximum absolute atomic E-state index is 12.4. The zero-order chi connectivity index (χ0) is 15.6. The van der Waals surface area contributed by atoms with Crippen molar-refractivity contribution in [3.05, 3.63) is 33.3 Å². The topological polar surface area (TPSA) is 98.3 Å². The van der Waals surface area contributed by atoms with Gasteiger partial charge in [-0.3, -0.25) is 14.9 Å². The van der Waals surface area contributed by atoms with Crippen LogP contribution in [0.15, 0.2) is 18.2 Å². The Morgan fingerprint density at radius 1 is 1.57 bits per heavy atom. The van der Waals surface area contributed by atoms with Crippen molar-refractivity contribution in [3.8, 4) is 0 Å². The second kappa shape index (κ2) is 5.99. The SMILES string of the molecule is CC1CCCC(N)(C(=O)Nc2ccc([N+](=O)[O-])c(Cl)c2)C1. The largest absolute Gasteiger partial charge is 0.324 e. The molecule has 1 amide bonds. The summed E-state index contributed by atoms with van der Waals surface area (Å²) >= 11 is 5.83. The Morgan fingerprint density at radius 3 is 2.86 bits per heavy atom. The molecule has 3 N–H and O–H groups in total. The van der Waals surface area contributed by atoms with Crippen LogP contribution < -0.4 is 11.1 Å². The van der Waals surface area contributed by atoms with Crippen molar-refractivity contribution in [2.75, 3.05) is 5.32 Å². The summed E-state index contributed by atoms with van der Waals surface area (Å²) in [6, 6.07) is 4.09. The van der Waals surface area contributed by atoms with Gasteiger partial charge in [-0.1, -0.05) is 31.4 Å². The predicted molar refractivity (Wildman–Crippen MR) is 81.3 cm³/mol. The molecule has 2 unspecified atom stereocenters. The van der Waals surface area contributed by atoms with Crippen molar-refractivity contribution < 1.29 is 9.72 Å². The Bertz CT molecular complexity index is 579. The van der Waals surface area contributed by atoms with E-state index >= 15 is 0 Å². The summed E-state index contributed by atoms with van der Waals surface area (Å²) in [6.07, 6.45) is 3.28. The van der Waals surface area contributed by atoms with E-state index in [0.29, 0.717) is 24.4 Å². The minimum Gasteiger partial charge on any atom is -0.324 e. The molecule has 0 heterocycles. The van der Waals surface area contributed by atoms with Crippen molar-refractivity contribution in [1.29, 1.82) is 0 Å². The molecule has 1 aliphatic carbocycles. The lowest BCUT2D eigenvalue weighted by atomic mass is 9.76. The first kappa shape index (κ1) is 15.7. The molecule has 2 rings (SSSR count). The van der Waals surface area contributed by atoms with Gasteiger partial charge in [-0.2, -0.15) is 0 Å². The summed E-state index contributed by atoms with van der Waals surface area (Å²) in [5.41, 5.74) is 5.54. The second-order valence-corrected chi connectivity index (χ2v) is 6.14. The van der Waals surface area contributed by atoms with Crippen LogP contribution in [0.5, 0.6) is 0 Å². The first-order valence-corrected chi connectivity index (χ1v) is 7.24. The molecule has 1 aromatic carbocycles. The number of nitrogens with one attached hydrogen (secondary N) is 1. The van der Waals surface area contributed by atoms with E-state index in [1.807, 2.05) is 0 Å². The van der Waals surface area contributed by atoms with Crippen molar-refractivity contribution in [2.45, 2.75) is 38.1 Å². The average molecular weight is 312 g/mol. The van der Waals surface area contributed by atoms with Gasteiger partial charge in [0.05, 0.1) is 10.5 Å². The highest BCUT2D eigenvalue weighted by Gasteiger charge is 2.38. The number of hydrogen-bond acceptors (Lipinski definition) is 4. The lowest BCUT2D eigenvalue weighted by molar-refractivity contribution is -0.384. The van der Waals surface area contributed by atoms with Gasteiger partial charge in [0.15, 0.2) is 0 Å². The summed E-state index contributed by atoms with van der Waals surface area (Å²) in [4.78, 5) is 22.5. The normalized spacial score (nSPS) is 25.4. The van der Waals surface area contributed by atoms with Crippen molar-refractivity contribution in [1.82, 2.24) is 0 Å². The number of rotatable bonds is 3. The minimum atomic E-state index is -0.883. The standard InChI is InChI=1S/C14H18ClN3O3/c1-9-3-2-6-14(16,8-9)13(19)17-10-4-5-12(18(20)21)11(15)7-10/h4-5,7,9H,2-3,6,8,16H2,1H3,(H,17,19). The van der Waals surface area contributed by atoms with Crippen LogP contribution >= 0.6 is 11.6 Å². The van der Waals surface area contributed by atoms with Gasteiger partial charge in [-0.05, 0) is 30.9 Å². The molecule has 0 aliphatic heterocycles. The van der Waals surface area contributed by atoms with E-state index in [2.05, 4.69) is 12.2 Å². The van der Waals surface area contributed by atoms with Crippen LogP contribution in [0.3, 0.4) is 0 Å². The fourth-order valence-corrected chi connectivity index (χ4v) is 3.04. The smallest absolute Gasteiger partial charge is 0.288 e. The van der Waals surface area contributed by atoms with Gasteiger partial charge in [0.1, 0.15) is 5.02 Å². The number of carbonyl (C=O) groups is 1. The molecule has 0 saturated heterocycles. The molecule has 114 valence electrons. The number of anilines is 1. The zero-order valence-corrected chi connectivity index (χ0v) is 12.5. The van der Waals surface area contributed by atoms with Crippen LogP contribution in [0, 0.1) is 16.0 Å². The minimum absolute atomic E-state index is 0.0131. The van der Waals surface area contributed by atoms with Gasteiger partial charge in [-0.15, -0.1) is 0 Å². The molecule has 21 heavy (non-hydrogen) atoms. The third kappa shape index (κ3) is 3.51. The number of nitro benzene ring substituents is 1. The van der Waals surface area contributed by atoms with Gasteiger partial charge in [0.25, 0.3) is 5.69 Å². The van der Waals surface area contributed by atoms with E-state index < -0.39 is 10.5 Å². The van der Waals surface area contributed by atoms with E-state index in [4.69, 9.17) is 17.3 Å². The summed E-state index contributed by atoms with van der Waals surface area (Å²) in [5.74, 6) is 0.147. The highest BCUT2D eigenvalue weighted by molar-refractivity contribution is 6.33. The van der Waals surface area contributed by atoms with Crippen molar-refractivity contribution >= 4 is 28.9 Å². The Kier molecular flexibility index (Phi) is 4.49.